The summed E-state index contributed by atoms with van der Waals surface area (Å²) in [5.41, 5.74) is 0. The number of methoxy groups -OCH3 is 1. The second-order valence-corrected chi connectivity index (χ2v) is 7.06. The van der Waals surface area contributed by atoms with Crippen molar-refractivity contribution in [2.45, 2.75) is 45.3 Å². The number of carbonyl (C=O) groups excluding carboxylic acids is 2. The Morgan fingerprint density at radius 2 is 1.87 bits per heavy atom. The molecule has 6 heteroatoms. The lowest BCUT2D eigenvalue weighted by atomic mass is 9.79. The lowest BCUT2D eigenvalue weighted by Crippen LogP contribution is -2.48. The van der Waals surface area contributed by atoms with Crippen molar-refractivity contribution in [3.05, 3.63) is 0 Å². The van der Waals surface area contributed by atoms with Crippen molar-refractivity contribution < 1.29 is 23.8 Å². The summed E-state index contributed by atoms with van der Waals surface area (Å²) in [4.78, 5) is 26.1. The van der Waals surface area contributed by atoms with Gasteiger partial charge >= 0.3 is 12.1 Å². The van der Waals surface area contributed by atoms with Crippen LogP contribution in [0.5, 0.6) is 0 Å². The molecule has 0 aromatic rings. The van der Waals surface area contributed by atoms with Crippen LogP contribution in [0.3, 0.4) is 0 Å². The predicted molar refractivity (Wildman–Crippen MR) is 82.5 cm³/mol. The third kappa shape index (κ3) is 3.32. The first kappa shape index (κ1) is 16.6. The number of esters is 1. The van der Waals surface area contributed by atoms with Gasteiger partial charge in [0.2, 0.25) is 6.29 Å². The Bertz CT molecular complexity index is 448. The van der Waals surface area contributed by atoms with Crippen molar-refractivity contribution in [3.8, 4) is 0 Å². The van der Waals surface area contributed by atoms with Crippen molar-refractivity contribution in [3.63, 3.8) is 0 Å². The molecule has 6 nitrogen and oxygen atoms in total. The van der Waals surface area contributed by atoms with Crippen LogP contribution in [0.2, 0.25) is 0 Å². The van der Waals surface area contributed by atoms with E-state index in [1.807, 2.05) is 0 Å². The monoisotopic (exact) mass is 325 g/mol. The maximum atomic E-state index is 12.4. The normalized spacial score (nSPS) is 37.1. The summed E-state index contributed by atoms with van der Waals surface area (Å²) in [6.45, 7) is 3.95. The Morgan fingerprint density at radius 3 is 2.57 bits per heavy atom. The van der Waals surface area contributed by atoms with Crippen molar-refractivity contribution >= 4 is 12.1 Å². The fourth-order valence-electron chi connectivity index (χ4n) is 4.39. The van der Waals surface area contributed by atoms with E-state index in [2.05, 4.69) is 6.92 Å². The standard InChI is InChI=1S/C17H27NO5/c1-11-6-7-12-13(15(19)21-2)10-22-16(14(11)12)23-17(20)18-8-4-3-5-9-18/h11-14,16H,3-10H2,1-2H3/t11?,12-,13?,14?,16?/m0/s1. The van der Waals surface area contributed by atoms with Gasteiger partial charge in [-0.25, -0.2) is 4.79 Å². The number of rotatable bonds is 2. The molecule has 0 aromatic heterocycles. The molecule has 0 bridgehead atoms. The number of nitrogens with zero attached hydrogens (tertiary/aromatic N) is 1. The number of ether oxygens (including phenoxy) is 3. The summed E-state index contributed by atoms with van der Waals surface area (Å²) in [6, 6.07) is 0. The number of fused-ring (bicyclic) bond motifs is 1. The van der Waals surface area contributed by atoms with E-state index in [0.717, 1.165) is 38.8 Å². The largest absolute Gasteiger partial charge is 0.469 e. The fourth-order valence-corrected chi connectivity index (χ4v) is 4.39. The molecule has 130 valence electrons. The first-order valence-electron chi connectivity index (χ1n) is 8.76. The molecule has 2 saturated heterocycles. The quantitative estimate of drug-likeness (QED) is 0.730. The molecule has 3 rings (SSSR count). The smallest absolute Gasteiger partial charge is 0.412 e. The van der Waals surface area contributed by atoms with E-state index >= 15 is 0 Å². The Hall–Kier alpha value is -1.30. The van der Waals surface area contributed by atoms with Gasteiger partial charge in [-0.1, -0.05) is 6.92 Å². The number of amides is 1. The van der Waals surface area contributed by atoms with Gasteiger partial charge in [-0.15, -0.1) is 0 Å². The third-order valence-electron chi connectivity index (χ3n) is 5.71. The van der Waals surface area contributed by atoms with Gasteiger partial charge in [-0.2, -0.15) is 0 Å². The second-order valence-electron chi connectivity index (χ2n) is 7.06. The van der Waals surface area contributed by atoms with E-state index in [-0.39, 0.29) is 36.4 Å². The molecule has 4 unspecified atom stereocenters. The predicted octanol–water partition coefficient (Wildman–Crippen LogP) is 2.42. The van der Waals surface area contributed by atoms with Crippen LogP contribution in [0.25, 0.3) is 0 Å². The maximum absolute atomic E-state index is 12.4. The van der Waals surface area contributed by atoms with Gasteiger partial charge in [-0.05, 0) is 43.9 Å². The van der Waals surface area contributed by atoms with Crippen molar-refractivity contribution in [2.75, 3.05) is 26.8 Å². The van der Waals surface area contributed by atoms with Crippen LogP contribution in [-0.4, -0.2) is 50.1 Å². The third-order valence-corrected chi connectivity index (χ3v) is 5.71. The number of carbonyl (C=O) groups is 2. The molecular weight excluding hydrogens is 298 g/mol. The van der Waals surface area contributed by atoms with Crippen LogP contribution in [0.1, 0.15) is 39.0 Å². The molecule has 0 aromatic carbocycles. The van der Waals surface area contributed by atoms with Gasteiger partial charge in [0.05, 0.1) is 19.6 Å². The first-order valence-corrected chi connectivity index (χ1v) is 8.76. The zero-order valence-electron chi connectivity index (χ0n) is 14.0. The van der Waals surface area contributed by atoms with Crippen LogP contribution in [0, 0.1) is 23.7 Å². The molecule has 5 atom stereocenters. The van der Waals surface area contributed by atoms with Crippen LogP contribution < -0.4 is 0 Å². The van der Waals surface area contributed by atoms with E-state index < -0.39 is 6.29 Å². The number of hydrogen-bond acceptors (Lipinski definition) is 5. The topological polar surface area (TPSA) is 65.1 Å². The molecule has 1 saturated carbocycles. The molecule has 23 heavy (non-hydrogen) atoms. The maximum Gasteiger partial charge on any atom is 0.412 e. The minimum absolute atomic E-state index is 0.0848. The van der Waals surface area contributed by atoms with E-state index in [9.17, 15) is 9.59 Å². The number of piperidine rings is 1. The van der Waals surface area contributed by atoms with E-state index in [4.69, 9.17) is 14.2 Å². The van der Waals surface area contributed by atoms with Crippen molar-refractivity contribution in [2.24, 2.45) is 23.7 Å². The SMILES string of the molecule is COC(=O)C1COC(OC(=O)N2CCCCC2)C2C(C)CC[C@@H]12. The van der Waals surface area contributed by atoms with Gasteiger partial charge in [-0.3, -0.25) is 4.79 Å². The molecule has 1 aliphatic carbocycles. The van der Waals surface area contributed by atoms with E-state index in [1.54, 1.807) is 4.90 Å². The summed E-state index contributed by atoms with van der Waals surface area (Å²) in [6.07, 6.45) is 4.43. The number of likely N-dealkylation sites (tertiary alicyclic amines) is 1. The summed E-state index contributed by atoms with van der Waals surface area (Å²) >= 11 is 0. The number of hydrogen-bond donors (Lipinski definition) is 0. The summed E-state index contributed by atoms with van der Waals surface area (Å²) < 4.78 is 16.4. The molecular formula is C17H27NO5. The molecule has 0 N–H and O–H groups in total. The van der Waals surface area contributed by atoms with Gasteiger partial charge in [0, 0.05) is 19.0 Å². The molecule has 0 spiro atoms. The molecule has 1 amide bonds. The van der Waals surface area contributed by atoms with Crippen molar-refractivity contribution in [1.82, 2.24) is 4.90 Å². The second kappa shape index (κ2) is 7.07. The Kier molecular flexibility index (Phi) is 5.09. The molecule has 3 fully saturated rings. The van der Waals surface area contributed by atoms with Crippen LogP contribution in [-0.2, 0) is 19.0 Å². The zero-order chi connectivity index (χ0) is 16.4. The minimum Gasteiger partial charge on any atom is -0.469 e. The summed E-state index contributed by atoms with van der Waals surface area (Å²) in [5, 5.41) is 0. The van der Waals surface area contributed by atoms with Gasteiger partial charge in [0.1, 0.15) is 0 Å². The van der Waals surface area contributed by atoms with E-state index in [1.165, 1.54) is 13.5 Å². The highest BCUT2D eigenvalue weighted by Crippen LogP contribution is 2.47. The highest BCUT2D eigenvalue weighted by molar-refractivity contribution is 5.73. The Balaban J connectivity index is 1.66. The highest BCUT2D eigenvalue weighted by Gasteiger charge is 2.51. The van der Waals surface area contributed by atoms with E-state index in [0.29, 0.717) is 5.92 Å². The summed E-state index contributed by atoms with van der Waals surface area (Å²) in [7, 11) is 1.41. The molecule has 2 aliphatic heterocycles. The fraction of sp³-hybridized carbons (Fsp3) is 0.882. The van der Waals surface area contributed by atoms with Crippen LogP contribution in [0.4, 0.5) is 4.79 Å². The van der Waals surface area contributed by atoms with Crippen molar-refractivity contribution in [1.29, 1.82) is 0 Å². The Morgan fingerprint density at radius 1 is 1.13 bits per heavy atom. The average molecular weight is 325 g/mol. The highest BCUT2D eigenvalue weighted by atomic mass is 16.7. The lowest BCUT2D eigenvalue weighted by molar-refractivity contribution is -0.208. The van der Waals surface area contributed by atoms with Crippen LogP contribution >= 0.6 is 0 Å². The lowest BCUT2D eigenvalue weighted by Gasteiger charge is -2.40. The van der Waals surface area contributed by atoms with Gasteiger partial charge in [0.25, 0.3) is 0 Å². The molecule has 0 radical (unpaired) electrons. The zero-order valence-corrected chi connectivity index (χ0v) is 14.0. The first-order chi connectivity index (χ1) is 11.1. The molecule has 3 aliphatic rings. The Labute approximate surface area is 137 Å². The summed E-state index contributed by atoms with van der Waals surface area (Å²) in [5.74, 6) is 0.202. The van der Waals surface area contributed by atoms with Gasteiger partial charge < -0.3 is 19.1 Å². The minimum atomic E-state index is -0.534. The molecule has 2 heterocycles. The average Bonchev–Trinajstić information content (AvgIpc) is 2.97. The van der Waals surface area contributed by atoms with Crippen LogP contribution in [0.15, 0.2) is 0 Å². The van der Waals surface area contributed by atoms with Gasteiger partial charge in [0.15, 0.2) is 0 Å².